The Morgan fingerprint density at radius 2 is 1.75 bits per heavy atom. The van der Waals surface area contributed by atoms with Crippen molar-refractivity contribution in [2.45, 2.75) is 20.8 Å². The fraction of sp³-hybridized carbons (Fsp3) is 0.235. The van der Waals surface area contributed by atoms with E-state index in [1.807, 2.05) is 32.0 Å². The van der Waals surface area contributed by atoms with Gasteiger partial charge in [0, 0.05) is 16.2 Å². The smallest absolute Gasteiger partial charge is 0.293 e. The Bertz CT molecular complexity index is 806. The summed E-state index contributed by atoms with van der Waals surface area (Å²) in [4.78, 5) is 22.8. The second-order valence-electron chi connectivity index (χ2n) is 5.57. The molecule has 0 heterocycles. The maximum atomic E-state index is 12.1. The van der Waals surface area contributed by atoms with Crippen LogP contribution in [0.5, 0.6) is 0 Å². The number of aryl methyl sites for hydroxylation is 3. The van der Waals surface area contributed by atoms with Gasteiger partial charge in [0.25, 0.3) is 5.69 Å². The van der Waals surface area contributed by atoms with Crippen molar-refractivity contribution < 1.29 is 9.72 Å². The number of benzene rings is 2. The van der Waals surface area contributed by atoms with Crippen molar-refractivity contribution in [2.75, 3.05) is 17.2 Å². The molecule has 24 heavy (non-hydrogen) atoms. The van der Waals surface area contributed by atoms with Gasteiger partial charge in [0.2, 0.25) is 5.91 Å². The highest BCUT2D eigenvalue weighted by molar-refractivity contribution is 9.10. The summed E-state index contributed by atoms with van der Waals surface area (Å²) < 4.78 is 0.959. The molecule has 0 fully saturated rings. The maximum absolute atomic E-state index is 12.1. The van der Waals surface area contributed by atoms with Crippen LogP contribution in [0.25, 0.3) is 0 Å². The molecule has 2 aromatic rings. The fourth-order valence-electron chi connectivity index (χ4n) is 2.25. The Hall–Kier alpha value is -2.41. The van der Waals surface area contributed by atoms with Gasteiger partial charge in [-0.3, -0.25) is 14.9 Å². The standard InChI is InChI=1S/C17H18BrN3O3/c1-10-7-15(16(21(23)24)8-11(10)2)20-17(22)9-19-14-5-4-13(18)6-12(14)3/h4-8,19H,9H2,1-3H3,(H,20,22). The molecule has 2 rings (SSSR count). The van der Waals surface area contributed by atoms with Crippen molar-refractivity contribution in [1.82, 2.24) is 0 Å². The van der Waals surface area contributed by atoms with Crippen LogP contribution in [0.2, 0.25) is 0 Å². The Balaban J connectivity index is 2.10. The summed E-state index contributed by atoms with van der Waals surface area (Å²) in [5, 5.41) is 16.8. The average Bonchev–Trinajstić information content (AvgIpc) is 2.49. The number of hydrogen-bond donors (Lipinski definition) is 2. The number of anilines is 2. The van der Waals surface area contributed by atoms with E-state index in [0.29, 0.717) is 0 Å². The zero-order valence-corrected chi connectivity index (χ0v) is 15.2. The van der Waals surface area contributed by atoms with Crippen molar-refractivity contribution in [3.8, 4) is 0 Å². The molecule has 6 nitrogen and oxygen atoms in total. The minimum Gasteiger partial charge on any atom is -0.376 e. The lowest BCUT2D eigenvalue weighted by molar-refractivity contribution is -0.384. The number of nitrogens with zero attached hydrogens (tertiary/aromatic N) is 1. The van der Waals surface area contributed by atoms with Crippen LogP contribution in [0.3, 0.4) is 0 Å². The van der Waals surface area contributed by atoms with Crippen molar-refractivity contribution in [2.24, 2.45) is 0 Å². The van der Waals surface area contributed by atoms with Gasteiger partial charge >= 0.3 is 0 Å². The summed E-state index contributed by atoms with van der Waals surface area (Å²) in [6.45, 7) is 5.59. The number of rotatable bonds is 5. The highest BCUT2D eigenvalue weighted by Crippen LogP contribution is 2.28. The molecule has 0 aliphatic carbocycles. The number of carbonyl (C=O) groups is 1. The van der Waals surface area contributed by atoms with Gasteiger partial charge in [0.1, 0.15) is 5.69 Å². The molecule has 0 saturated heterocycles. The summed E-state index contributed by atoms with van der Waals surface area (Å²) in [6.07, 6.45) is 0. The molecular formula is C17H18BrN3O3. The number of nitrogens with one attached hydrogen (secondary N) is 2. The van der Waals surface area contributed by atoms with Gasteiger partial charge in [0.05, 0.1) is 11.5 Å². The quantitative estimate of drug-likeness (QED) is 0.586. The van der Waals surface area contributed by atoms with E-state index in [0.717, 1.165) is 26.9 Å². The van der Waals surface area contributed by atoms with E-state index < -0.39 is 4.92 Å². The zero-order valence-electron chi connectivity index (χ0n) is 13.6. The lowest BCUT2D eigenvalue weighted by Gasteiger charge is -2.11. The largest absolute Gasteiger partial charge is 0.376 e. The third kappa shape index (κ3) is 4.32. The molecule has 0 aliphatic rings. The van der Waals surface area contributed by atoms with E-state index in [4.69, 9.17) is 0 Å². The normalized spacial score (nSPS) is 10.3. The molecule has 0 spiro atoms. The van der Waals surface area contributed by atoms with Crippen LogP contribution in [0.4, 0.5) is 17.1 Å². The molecule has 2 N–H and O–H groups in total. The van der Waals surface area contributed by atoms with Crippen LogP contribution in [0, 0.1) is 30.9 Å². The van der Waals surface area contributed by atoms with Crippen molar-refractivity contribution in [3.63, 3.8) is 0 Å². The Labute approximate surface area is 148 Å². The van der Waals surface area contributed by atoms with Crippen LogP contribution < -0.4 is 10.6 Å². The number of halogens is 1. The van der Waals surface area contributed by atoms with Crippen LogP contribution in [-0.2, 0) is 4.79 Å². The van der Waals surface area contributed by atoms with Crippen LogP contribution in [0.1, 0.15) is 16.7 Å². The number of nitro groups is 1. The third-order valence-electron chi connectivity index (χ3n) is 3.71. The van der Waals surface area contributed by atoms with Gasteiger partial charge < -0.3 is 10.6 Å². The number of nitro benzene ring substituents is 1. The summed E-state index contributed by atoms with van der Waals surface area (Å²) in [5.74, 6) is -0.344. The predicted octanol–water partition coefficient (Wildman–Crippen LogP) is 4.33. The minimum atomic E-state index is -0.492. The molecule has 126 valence electrons. The van der Waals surface area contributed by atoms with Crippen LogP contribution in [-0.4, -0.2) is 17.4 Å². The molecule has 0 aliphatic heterocycles. The Morgan fingerprint density at radius 3 is 2.38 bits per heavy atom. The topological polar surface area (TPSA) is 84.3 Å². The van der Waals surface area contributed by atoms with Crippen LogP contribution >= 0.6 is 15.9 Å². The second kappa shape index (κ2) is 7.44. The van der Waals surface area contributed by atoms with Gasteiger partial charge in [-0.1, -0.05) is 15.9 Å². The molecular weight excluding hydrogens is 374 g/mol. The van der Waals surface area contributed by atoms with Crippen molar-refractivity contribution in [3.05, 3.63) is 61.6 Å². The maximum Gasteiger partial charge on any atom is 0.293 e. The second-order valence-corrected chi connectivity index (χ2v) is 6.49. The van der Waals surface area contributed by atoms with Gasteiger partial charge in [-0.2, -0.15) is 0 Å². The first-order chi connectivity index (χ1) is 11.3. The summed E-state index contributed by atoms with van der Waals surface area (Å²) in [6, 6.07) is 8.77. The monoisotopic (exact) mass is 391 g/mol. The first kappa shape index (κ1) is 17.9. The highest BCUT2D eigenvalue weighted by atomic mass is 79.9. The first-order valence-corrected chi connectivity index (χ1v) is 8.12. The van der Waals surface area contributed by atoms with Gasteiger partial charge in [-0.25, -0.2) is 0 Å². The molecule has 1 amide bonds. The zero-order chi connectivity index (χ0) is 17.9. The van der Waals surface area contributed by atoms with E-state index in [2.05, 4.69) is 26.6 Å². The molecule has 7 heteroatoms. The van der Waals surface area contributed by atoms with E-state index in [1.54, 1.807) is 13.0 Å². The molecule has 0 unspecified atom stereocenters. The summed E-state index contributed by atoms with van der Waals surface area (Å²) >= 11 is 3.38. The van der Waals surface area contributed by atoms with Crippen molar-refractivity contribution >= 4 is 38.9 Å². The molecule has 0 atom stereocenters. The lowest BCUT2D eigenvalue weighted by atomic mass is 10.1. The van der Waals surface area contributed by atoms with Gasteiger partial charge in [0.15, 0.2) is 0 Å². The number of hydrogen-bond acceptors (Lipinski definition) is 4. The number of amides is 1. The first-order valence-electron chi connectivity index (χ1n) is 7.33. The lowest BCUT2D eigenvalue weighted by Crippen LogP contribution is -2.22. The van der Waals surface area contributed by atoms with Gasteiger partial charge in [-0.05, 0) is 61.7 Å². The molecule has 2 aromatic carbocycles. The fourth-order valence-corrected chi connectivity index (χ4v) is 2.72. The minimum absolute atomic E-state index is 0.0204. The molecule has 0 aromatic heterocycles. The van der Waals surface area contributed by atoms with E-state index in [-0.39, 0.29) is 23.8 Å². The van der Waals surface area contributed by atoms with E-state index >= 15 is 0 Å². The Morgan fingerprint density at radius 1 is 1.08 bits per heavy atom. The van der Waals surface area contributed by atoms with Crippen LogP contribution in [0.15, 0.2) is 34.8 Å². The number of carbonyl (C=O) groups excluding carboxylic acids is 1. The molecule has 0 saturated carbocycles. The highest BCUT2D eigenvalue weighted by Gasteiger charge is 2.17. The van der Waals surface area contributed by atoms with E-state index in [9.17, 15) is 14.9 Å². The average molecular weight is 392 g/mol. The van der Waals surface area contributed by atoms with Crippen molar-refractivity contribution in [1.29, 1.82) is 0 Å². The van der Waals surface area contributed by atoms with Gasteiger partial charge in [-0.15, -0.1) is 0 Å². The van der Waals surface area contributed by atoms with E-state index in [1.165, 1.54) is 6.07 Å². The third-order valence-corrected chi connectivity index (χ3v) is 4.20. The summed E-state index contributed by atoms with van der Waals surface area (Å²) in [5.41, 5.74) is 3.63. The Kier molecular flexibility index (Phi) is 5.56. The molecule has 0 radical (unpaired) electrons. The SMILES string of the molecule is Cc1cc(NC(=O)CNc2ccc(Br)cc2C)c([N+](=O)[O-])cc1C. The molecule has 0 bridgehead atoms. The summed E-state index contributed by atoms with van der Waals surface area (Å²) in [7, 11) is 0. The predicted molar refractivity (Wildman–Crippen MR) is 98.6 cm³/mol.